The summed E-state index contributed by atoms with van der Waals surface area (Å²) in [5, 5.41) is 11.9. The number of nitriles is 1. The third kappa shape index (κ3) is 2.32. The molecule has 0 radical (unpaired) electrons. The summed E-state index contributed by atoms with van der Waals surface area (Å²) in [6.07, 6.45) is 1.47. The molecule has 0 bridgehead atoms. The number of carbonyl (C=O) groups excluding carboxylic acids is 2. The highest BCUT2D eigenvalue weighted by Gasteiger charge is 2.27. The number of methoxy groups -OCH3 is 1. The van der Waals surface area contributed by atoms with Crippen molar-refractivity contribution in [2.45, 2.75) is 0 Å². The minimum absolute atomic E-state index is 0.0463. The van der Waals surface area contributed by atoms with E-state index in [1.165, 1.54) is 17.9 Å². The zero-order valence-electron chi connectivity index (χ0n) is 12.9. The maximum absolute atomic E-state index is 12.1. The number of esters is 1. The van der Waals surface area contributed by atoms with Crippen LogP contribution in [0.1, 0.15) is 16.1 Å². The van der Waals surface area contributed by atoms with E-state index in [2.05, 4.69) is 5.32 Å². The van der Waals surface area contributed by atoms with Gasteiger partial charge in [-0.3, -0.25) is 4.90 Å². The maximum Gasteiger partial charge on any atom is 0.357 e. The monoisotopic (exact) mass is 325 g/mol. The van der Waals surface area contributed by atoms with Crippen LogP contribution in [0.15, 0.2) is 30.5 Å². The van der Waals surface area contributed by atoms with Crippen molar-refractivity contribution in [3.8, 4) is 11.8 Å². The number of benzene rings is 1. The summed E-state index contributed by atoms with van der Waals surface area (Å²) in [6.45, 7) is 1.04. The normalized spacial score (nSPS) is 13.5. The lowest BCUT2D eigenvalue weighted by Gasteiger charge is -2.20. The first kappa shape index (κ1) is 15.4. The summed E-state index contributed by atoms with van der Waals surface area (Å²) in [5.41, 5.74) is 7.36. The van der Waals surface area contributed by atoms with Crippen LogP contribution in [-0.2, 0) is 4.74 Å². The first-order chi connectivity index (χ1) is 11.6. The number of amides is 2. The molecule has 2 amide bonds. The van der Waals surface area contributed by atoms with E-state index in [0.29, 0.717) is 24.5 Å². The molecule has 3 rings (SSSR count). The van der Waals surface area contributed by atoms with Crippen molar-refractivity contribution in [3.05, 3.63) is 41.7 Å². The minimum atomic E-state index is -0.658. The number of para-hydroxylation sites is 2. The summed E-state index contributed by atoms with van der Waals surface area (Å²) in [4.78, 5) is 25.7. The second-order valence-corrected chi connectivity index (χ2v) is 5.15. The number of hydrogen-bond acceptors (Lipinski definition) is 5. The molecule has 24 heavy (non-hydrogen) atoms. The highest BCUT2D eigenvalue weighted by Crippen LogP contribution is 2.31. The highest BCUT2D eigenvalue weighted by molar-refractivity contribution is 5.99. The quantitative estimate of drug-likeness (QED) is 0.824. The number of anilines is 2. The Morgan fingerprint density at radius 3 is 2.67 bits per heavy atom. The molecule has 0 saturated carbocycles. The Balaban J connectivity index is 2.22. The number of rotatable bonds is 3. The standard InChI is InChI=1S/C16H15N5O3/c1-24-15(22)14-13(18)10(8-17)9-21(14)12-5-3-2-4-11(12)20-7-6-19-16(20)23/h2-5,9H,6-7,18H2,1H3,(H,19,23). The van der Waals surface area contributed by atoms with Crippen molar-refractivity contribution in [3.63, 3.8) is 0 Å². The number of nitrogen functional groups attached to an aromatic ring is 1. The number of nitrogens with two attached hydrogens (primary N) is 1. The fourth-order valence-electron chi connectivity index (χ4n) is 2.70. The molecule has 1 aromatic heterocycles. The Morgan fingerprint density at radius 1 is 1.38 bits per heavy atom. The molecule has 2 heterocycles. The lowest BCUT2D eigenvalue weighted by Crippen LogP contribution is -2.28. The number of nitrogens with zero attached hydrogens (tertiary/aromatic N) is 3. The molecule has 0 unspecified atom stereocenters. The molecule has 8 heteroatoms. The molecule has 1 aromatic carbocycles. The van der Waals surface area contributed by atoms with Crippen LogP contribution in [0.4, 0.5) is 16.2 Å². The largest absolute Gasteiger partial charge is 0.464 e. The first-order valence-corrected chi connectivity index (χ1v) is 7.22. The SMILES string of the molecule is COC(=O)c1c(N)c(C#N)cn1-c1ccccc1N1CCNC1=O. The van der Waals surface area contributed by atoms with Crippen molar-refractivity contribution in [1.29, 1.82) is 5.26 Å². The number of aromatic nitrogens is 1. The zero-order chi connectivity index (χ0) is 17.3. The Labute approximate surface area is 138 Å². The van der Waals surface area contributed by atoms with Gasteiger partial charge >= 0.3 is 12.0 Å². The summed E-state index contributed by atoms with van der Waals surface area (Å²) in [5.74, 6) is -0.658. The van der Waals surface area contributed by atoms with Gasteiger partial charge < -0.3 is 20.4 Å². The van der Waals surface area contributed by atoms with Gasteiger partial charge in [0.1, 0.15) is 6.07 Å². The molecule has 0 aliphatic carbocycles. The second-order valence-electron chi connectivity index (χ2n) is 5.15. The van der Waals surface area contributed by atoms with Crippen molar-refractivity contribution in [2.24, 2.45) is 0 Å². The van der Waals surface area contributed by atoms with Gasteiger partial charge in [-0.05, 0) is 12.1 Å². The number of hydrogen-bond donors (Lipinski definition) is 2. The molecule has 1 aliphatic rings. The van der Waals surface area contributed by atoms with Gasteiger partial charge in [0.2, 0.25) is 0 Å². The Morgan fingerprint density at radius 2 is 2.08 bits per heavy atom. The van der Waals surface area contributed by atoms with Crippen molar-refractivity contribution in [2.75, 3.05) is 30.8 Å². The molecule has 2 aromatic rings. The predicted molar refractivity (Wildman–Crippen MR) is 87.0 cm³/mol. The minimum Gasteiger partial charge on any atom is -0.464 e. The molecule has 3 N–H and O–H groups in total. The third-order valence-electron chi connectivity index (χ3n) is 3.83. The molecule has 1 aliphatic heterocycles. The van der Waals surface area contributed by atoms with Crippen molar-refractivity contribution in [1.82, 2.24) is 9.88 Å². The average Bonchev–Trinajstić information content (AvgIpc) is 3.17. The van der Waals surface area contributed by atoms with Gasteiger partial charge in [0, 0.05) is 19.3 Å². The lowest BCUT2D eigenvalue weighted by molar-refractivity contribution is 0.0593. The molecule has 0 spiro atoms. The molecular formula is C16H15N5O3. The van der Waals surface area contributed by atoms with E-state index in [0.717, 1.165) is 0 Å². The smallest absolute Gasteiger partial charge is 0.357 e. The molecule has 0 atom stereocenters. The van der Waals surface area contributed by atoms with Crippen LogP contribution in [0.25, 0.3) is 5.69 Å². The third-order valence-corrected chi connectivity index (χ3v) is 3.83. The number of ether oxygens (including phenoxy) is 1. The predicted octanol–water partition coefficient (Wildman–Crippen LogP) is 1.25. The summed E-state index contributed by atoms with van der Waals surface area (Å²) < 4.78 is 6.27. The number of urea groups is 1. The Hall–Kier alpha value is -3.47. The van der Waals surface area contributed by atoms with E-state index in [9.17, 15) is 14.9 Å². The van der Waals surface area contributed by atoms with Crippen molar-refractivity contribution >= 4 is 23.4 Å². The van der Waals surface area contributed by atoms with Crippen LogP contribution >= 0.6 is 0 Å². The van der Waals surface area contributed by atoms with Gasteiger partial charge in [-0.1, -0.05) is 12.1 Å². The topological polar surface area (TPSA) is 113 Å². The number of carbonyl (C=O) groups is 2. The van der Waals surface area contributed by atoms with Crippen LogP contribution in [0.3, 0.4) is 0 Å². The zero-order valence-corrected chi connectivity index (χ0v) is 12.9. The van der Waals surface area contributed by atoms with E-state index >= 15 is 0 Å². The van der Waals surface area contributed by atoms with Crippen molar-refractivity contribution < 1.29 is 14.3 Å². The Bertz CT molecular complexity index is 865. The van der Waals surface area contributed by atoms with E-state index in [1.54, 1.807) is 29.2 Å². The van der Waals surface area contributed by atoms with Gasteiger partial charge in [-0.15, -0.1) is 0 Å². The van der Waals surface area contributed by atoms with E-state index in [1.807, 2.05) is 6.07 Å². The van der Waals surface area contributed by atoms with E-state index in [4.69, 9.17) is 10.5 Å². The van der Waals surface area contributed by atoms with Gasteiger partial charge in [0.15, 0.2) is 5.69 Å². The van der Waals surface area contributed by atoms with Gasteiger partial charge in [-0.25, -0.2) is 9.59 Å². The van der Waals surface area contributed by atoms with Gasteiger partial charge in [0.25, 0.3) is 0 Å². The highest BCUT2D eigenvalue weighted by atomic mass is 16.5. The second kappa shape index (κ2) is 5.96. The lowest BCUT2D eigenvalue weighted by atomic mass is 10.2. The molecule has 1 fully saturated rings. The summed E-state index contributed by atoms with van der Waals surface area (Å²) in [7, 11) is 1.24. The van der Waals surface area contributed by atoms with E-state index < -0.39 is 5.97 Å². The molecular weight excluding hydrogens is 310 g/mol. The van der Waals surface area contributed by atoms with Crippen LogP contribution in [-0.4, -0.2) is 36.8 Å². The van der Waals surface area contributed by atoms with Crippen LogP contribution < -0.4 is 16.0 Å². The van der Waals surface area contributed by atoms with Crippen LogP contribution in [0, 0.1) is 11.3 Å². The molecule has 8 nitrogen and oxygen atoms in total. The van der Waals surface area contributed by atoms with E-state index in [-0.39, 0.29) is 23.0 Å². The number of nitrogens with one attached hydrogen (secondary N) is 1. The maximum atomic E-state index is 12.1. The first-order valence-electron chi connectivity index (χ1n) is 7.22. The molecule has 1 saturated heterocycles. The summed E-state index contributed by atoms with van der Waals surface area (Å²) in [6, 6.07) is 8.81. The summed E-state index contributed by atoms with van der Waals surface area (Å²) >= 11 is 0. The van der Waals surface area contributed by atoms with Crippen LogP contribution in [0.5, 0.6) is 0 Å². The fourth-order valence-corrected chi connectivity index (χ4v) is 2.70. The average molecular weight is 325 g/mol. The van der Waals surface area contributed by atoms with Gasteiger partial charge in [-0.2, -0.15) is 5.26 Å². The van der Waals surface area contributed by atoms with Crippen LogP contribution in [0.2, 0.25) is 0 Å². The van der Waals surface area contributed by atoms with Gasteiger partial charge in [0.05, 0.1) is 29.7 Å². The Kier molecular flexibility index (Phi) is 3.83. The molecule has 122 valence electrons. The fraction of sp³-hybridized carbons (Fsp3) is 0.188.